The number of hydrogen-bond donors (Lipinski definition) is 2. The second-order valence-corrected chi connectivity index (χ2v) is 14.8. The molecule has 15 heteroatoms. The van der Waals surface area contributed by atoms with Crippen molar-refractivity contribution in [2.75, 3.05) is 24.5 Å². The van der Waals surface area contributed by atoms with Crippen LogP contribution in [0.15, 0.2) is 96.6 Å². The summed E-state index contributed by atoms with van der Waals surface area (Å²) in [7, 11) is 2.92. The number of nitro benzene ring substituents is 1. The molecule has 0 radical (unpaired) electrons. The Morgan fingerprint density at radius 1 is 0.873 bits per heavy atom. The van der Waals surface area contributed by atoms with Gasteiger partial charge in [-0.15, -0.1) is 0 Å². The summed E-state index contributed by atoms with van der Waals surface area (Å²) in [5, 5.41) is 23.9. The number of carbonyl (C=O) groups is 4. The number of nitro groups is 1. The molecule has 55 heavy (non-hydrogen) atoms. The maximum absolute atomic E-state index is 15.4. The lowest BCUT2D eigenvalue weighted by molar-refractivity contribution is -0.384. The van der Waals surface area contributed by atoms with Gasteiger partial charge in [0.1, 0.15) is 5.75 Å². The van der Waals surface area contributed by atoms with Gasteiger partial charge in [0.25, 0.3) is 17.5 Å². The van der Waals surface area contributed by atoms with Gasteiger partial charge in [0, 0.05) is 23.1 Å². The number of allylic oxidation sites excluding steroid dienone is 2. The Balaban J connectivity index is 1.31. The molecule has 2 N–H and O–H groups in total. The van der Waals surface area contributed by atoms with E-state index in [1.807, 2.05) is 6.08 Å². The number of non-ortho nitro benzene ring substituents is 1. The first-order chi connectivity index (χ1) is 26.4. The van der Waals surface area contributed by atoms with E-state index in [1.54, 1.807) is 48.5 Å². The number of halogens is 2. The van der Waals surface area contributed by atoms with E-state index in [2.05, 4.69) is 5.43 Å². The minimum absolute atomic E-state index is 0.0158. The predicted octanol–water partition coefficient (Wildman–Crippen LogP) is 6.81. The van der Waals surface area contributed by atoms with Gasteiger partial charge in [-0.1, -0.05) is 53.1 Å². The molecule has 2 heterocycles. The van der Waals surface area contributed by atoms with Crippen LogP contribution >= 0.6 is 23.2 Å². The number of ether oxygens (including phenoxy) is 2. The number of nitrogens with zero attached hydrogens (tertiary/aromatic N) is 3. The third kappa shape index (κ3) is 5.43. The molecule has 6 atom stereocenters. The summed E-state index contributed by atoms with van der Waals surface area (Å²) >= 11 is 12.7. The van der Waals surface area contributed by atoms with Gasteiger partial charge in [0.2, 0.25) is 11.8 Å². The highest BCUT2D eigenvalue weighted by atomic mass is 35.5. The van der Waals surface area contributed by atoms with Crippen molar-refractivity contribution in [3.05, 3.63) is 128 Å². The number of hydrogen-bond acceptors (Lipinski definition) is 10. The van der Waals surface area contributed by atoms with Crippen LogP contribution in [0.3, 0.4) is 0 Å². The van der Waals surface area contributed by atoms with Crippen molar-refractivity contribution in [2.45, 2.75) is 24.2 Å². The van der Waals surface area contributed by atoms with E-state index in [-0.39, 0.29) is 46.4 Å². The van der Waals surface area contributed by atoms with Crippen LogP contribution in [0, 0.1) is 33.8 Å². The van der Waals surface area contributed by atoms with Gasteiger partial charge >= 0.3 is 0 Å². The van der Waals surface area contributed by atoms with Crippen molar-refractivity contribution in [3.63, 3.8) is 0 Å². The number of carbonyl (C=O) groups excluding carboxylic acids is 4. The molecule has 0 spiro atoms. The number of phenolic OH excluding ortho intramolecular Hbond substituents is 1. The number of anilines is 2. The SMILES string of the molecule is COc1ccc([C@@]23C(=O)N(Nc4ccc(Cl)cc4Cl)C(=O)[C@@H]2C[C@@H]2C(=CC[C@@H]4C(=O)N(c5ccc([N+](=O)[O-])cc5)C(=O)[C@@H]42)[C@@H]3c2ccc(OC)c(O)c2)cc1. The van der Waals surface area contributed by atoms with Gasteiger partial charge in [0.15, 0.2) is 11.5 Å². The molecule has 0 bridgehead atoms. The maximum Gasteiger partial charge on any atom is 0.269 e. The predicted molar refractivity (Wildman–Crippen MR) is 201 cm³/mol. The molecule has 8 rings (SSSR count). The summed E-state index contributed by atoms with van der Waals surface area (Å²) in [5.74, 6) is -6.05. The topological polar surface area (TPSA) is 169 Å². The lowest BCUT2D eigenvalue weighted by Crippen LogP contribution is -2.53. The highest BCUT2D eigenvalue weighted by molar-refractivity contribution is 6.36. The second kappa shape index (κ2) is 13.4. The van der Waals surface area contributed by atoms with E-state index in [4.69, 9.17) is 32.7 Å². The summed E-state index contributed by atoms with van der Waals surface area (Å²) < 4.78 is 10.8. The molecule has 280 valence electrons. The Morgan fingerprint density at radius 3 is 2.24 bits per heavy atom. The van der Waals surface area contributed by atoms with Crippen LogP contribution in [0.2, 0.25) is 10.0 Å². The first-order valence-electron chi connectivity index (χ1n) is 17.3. The minimum atomic E-state index is -1.63. The van der Waals surface area contributed by atoms with Gasteiger partial charge in [-0.05, 0) is 84.5 Å². The van der Waals surface area contributed by atoms with Gasteiger partial charge in [-0.2, -0.15) is 5.01 Å². The molecule has 3 fully saturated rings. The van der Waals surface area contributed by atoms with Gasteiger partial charge in [0.05, 0.1) is 58.7 Å². The zero-order valence-electron chi connectivity index (χ0n) is 29.3. The Kier molecular flexibility index (Phi) is 8.81. The van der Waals surface area contributed by atoms with Crippen molar-refractivity contribution in [1.82, 2.24) is 5.01 Å². The lowest BCUT2D eigenvalue weighted by Gasteiger charge is -2.50. The third-order valence-corrected chi connectivity index (χ3v) is 12.0. The van der Waals surface area contributed by atoms with E-state index >= 15 is 4.79 Å². The number of aromatic hydroxyl groups is 1. The molecule has 4 aromatic carbocycles. The number of hydrazine groups is 1. The van der Waals surface area contributed by atoms with E-state index in [0.29, 0.717) is 27.5 Å². The van der Waals surface area contributed by atoms with E-state index < -0.39 is 63.6 Å². The lowest BCUT2D eigenvalue weighted by atomic mass is 9.49. The molecule has 13 nitrogen and oxygen atoms in total. The molecular formula is C40H32Cl2N4O9. The number of phenols is 1. The molecule has 2 aliphatic carbocycles. The number of rotatable bonds is 8. The Hall–Kier alpha value is -5.92. The highest BCUT2D eigenvalue weighted by Crippen LogP contribution is 2.64. The Bertz CT molecular complexity index is 2330. The fourth-order valence-electron chi connectivity index (χ4n) is 9.08. The molecule has 2 saturated heterocycles. The molecule has 4 aliphatic rings. The van der Waals surface area contributed by atoms with Crippen LogP contribution in [-0.2, 0) is 24.6 Å². The molecule has 1 saturated carbocycles. The van der Waals surface area contributed by atoms with Crippen LogP contribution in [0.4, 0.5) is 17.1 Å². The third-order valence-electron chi connectivity index (χ3n) is 11.4. The minimum Gasteiger partial charge on any atom is -0.504 e. The largest absolute Gasteiger partial charge is 0.504 e. The number of fused-ring (bicyclic) bond motifs is 4. The van der Waals surface area contributed by atoms with Crippen molar-refractivity contribution in [2.24, 2.45) is 23.7 Å². The van der Waals surface area contributed by atoms with Crippen molar-refractivity contribution < 1.29 is 38.7 Å². The molecule has 2 aliphatic heterocycles. The normalized spacial score (nSPS) is 25.6. The average Bonchev–Trinajstić information content (AvgIpc) is 3.56. The quantitative estimate of drug-likeness (QED) is 0.0838. The van der Waals surface area contributed by atoms with Crippen molar-refractivity contribution >= 4 is 63.9 Å². The van der Waals surface area contributed by atoms with Crippen LogP contribution in [0.1, 0.15) is 29.9 Å². The van der Waals surface area contributed by atoms with Gasteiger partial charge in [-0.25, -0.2) is 0 Å². The fraction of sp³-hybridized carbons (Fsp3) is 0.250. The molecule has 4 aromatic rings. The van der Waals surface area contributed by atoms with E-state index in [0.717, 1.165) is 9.91 Å². The average molecular weight is 784 g/mol. The summed E-state index contributed by atoms with van der Waals surface area (Å²) in [4.78, 5) is 70.7. The fourth-order valence-corrected chi connectivity index (χ4v) is 9.53. The van der Waals surface area contributed by atoms with Crippen LogP contribution in [-0.4, -0.2) is 52.9 Å². The first kappa shape index (κ1) is 36.1. The first-order valence-corrected chi connectivity index (χ1v) is 18.1. The summed E-state index contributed by atoms with van der Waals surface area (Å²) in [6, 6.07) is 21.4. The molecule has 4 amide bonds. The maximum atomic E-state index is 15.4. The number of nitrogens with one attached hydrogen (secondary N) is 1. The zero-order chi connectivity index (χ0) is 38.9. The second-order valence-electron chi connectivity index (χ2n) is 13.9. The Morgan fingerprint density at radius 2 is 1.60 bits per heavy atom. The number of benzene rings is 4. The van der Waals surface area contributed by atoms with Crippen LogP contribution in [0.25, 0.3) is 0 Å². The molecule has 0 unspecified atom stereocenters. The Labute approximate surface area is 324 Å². The number of methoxy groups -OCH3 is 2. The highest BCUT2D eigenvalue weighted by Gasteiger charge is 2.70. The summed E-state index contributed by atoms with van der Waals surface area (Å²) in [5.41, 5.74) is 3.20. The van der Waals surface area contributed by atoms with Crippen LogP contribution in [0.5, 0.6) is 17.2 Å². The van der Waals surface area contributed by atoms with Gasteiger partial charge in [-0.3, -0.25) is 39.6 Å². The van der Waals surface area contributed by atoms with Gasteiger partial charge < -0.3 is 14.6 Å². The summed E-state index contributed by atoms with van der Waals surface area (Å²) in [6.45, 7) is 0. The van der Waals surface area contributed by atoms with Crippen molar-refractivity contribution in [1.29, 1.82) is 0 Å². The van der Waals surface area contributed by atoms with E-state index in [1.165, 1.54) is 50.6 Å². The monoisotopic (exact) mass is 782 g/mol. The molecule has 0 aromatic heterocycles. The van der Waals surface area contributed by atoms with Crippen molar-refractivity contribution in [3.8, 4) is 17.2 Å². The number of amides is 4. The molecular weight excluding hydrogens is 751 g/mol. The summed E-state index contributed by atoms with van der Waals surface area (Å²) in [6.07, 6.45) is 2.05. The van der Waals surface area contributed by atoms with E-state index in [9.17, 15) is 29.6 Å². The smallest absolute Gasteiger partial charge is 0.269 e. The van der Waals surface area contributed by atoms with Crippen LogP contribution < -0.4 is 19.8 Å². The number of imide groups is 2. The zero-order valence-corrected chi connectivity index (χ0v) is 30.8. The standard InChI is InChI=1S/C40H32Cl2N4O9/c1-54-25-11-4-21(5-12-25)40-29(37(49)45(39(40)51)43-31-15-6-22(41)18-30(31)42)19-28-26(35(40)20-3-16-33(55-2)32(47)17-20)13-14-27-34(28)38(50)44(36(27)48)23-7-9-24(10-8-23)46(52)53/h3-13,15-18,27-29,34-35,43,47H,14,19H2,1-2H3/t27-,28+,29-,34-,35-,40+/m0/s1.